The lowest BCUT2D eigenvalue weighted by Gasteiger charge is -2.11. The number of benzene rings is 2. The first-order valence-corrected chi connectivity index (χ1v) is 13.6. The summed E-state index contributed by atoms with van der Waals surface area (Å²) < 4.78 is 0. The van der Waals surface area contributed by atoms with Crippen LogP contribution in [0.5, 0.6) is 0 Å². The van der Waals surface area contributed by atoms with E-state index in [1.54, 1.807) is 0 Å². The molecule has 0 unspecified atom stereocenters. The predicted molar refractivity (Wildman–Crippen MR) is 155 cm³/mol. The van der Waals surface area contributed by atoms with Gasteiger partial charge in [-0.3, -0.25) is 9.97 Å². The van der Waals surface area contributed by atoms with Crippen LogP contribution in [-0.2, 0) is 25.7 Å². The van der Waals surface area contributed by atoms with Crippen molar-refractivity contribution in [1.29, 1.82) is 5.26 Å². The van der Waals surface area contributed by atoms with Crippen LogP contribution >= 0.6 is 0 Å². The SMILES string of the molecule is [C-]#[N+]c1ccc(-c2cc(CCC)cc(CCCCc3cc(CCC)cc(-c4ccc(C#N)cc4)n3)n2)cc1. The first kappa shape index (κ1) is 26.8. The van der Waals surface area contributed by atoms with E-state index in [1.807, 2.05) is 48.5 Å². The van der Waals surface area contributed by atoms with E-state index < -0.39 is 0 Å². The average Bonchev–Trinajstić information content (AvgIpc) is 2.95. The molecule has 0 aliphatic rings. The Morgan fingerprint density at radius 3 is 1.58 bits per heavy atom. The van der Waals surface area contributed by atoms with Gasteiger partial charge in [0.15, 0.2) is 5.69 Å². The van der Waals surface area contributed by atoms with Crippen LogP contribution in [0, 0.1) is 17.9 Å². The lowest BCUT2D eigenvalue weighted by molar-refractivity contribution is 0.710. The largest absolute Gasteiger partial charge is 0.253 e. The van der Waals surface area contributed by atoms with Crippen LogP contribution in [-0.4, -0.2) is 9.97 Å². The molecule has 2 heterocycles. The van der Waals surface area contributed by atoms with Crippen molar-refractivity contribution in [3.8, 4) is 28.6 Å². The Balaban J connectivity index is 1.46. The number of aryl methyl sites for hydroxylation is 4. The fourth-order valence-electron chi connectivity index (χ4n) is 4.75. The standard InChI is InChI=1S/C34H34N4/c1-4-8-26-20-31(37-33(22-26)28-14-12-25(24-35)13-15-28)10-6-7-11-32-21-27(9-5-2)23-34(38-32)29-16-18-30(36-3)19-17-29/h12-23H,4-11H2,1-2H3. The zero-order valence-corrected chi connectivity index (χ0v) is 22.4. The second kappa shape index (κ2) is 13.3. The van der Waals surface area contributed by atoms with Gasteiger partial charge in [0.25, 0.3) is 0 Å². The van der Waals surface area contributed by atoms with Crippen LogP contribution in [0.1, 0.15) is 67.6 Å². The minimum Gasteiger partial charge on any atom is -0.253 e. The summed E-state index contributed by atoms with van der Waals surface area (Å²) >= 11 is 0. The van der Waals surface area contributed by atoms with Gasteiger partial charge in [-0.2, -0.15) is 5.26 Å². The molecule has 38 heavy (non-hydrogen) atoms. The Labute approximate surface area is 226 Å². The number of nitriles is 1. The first-order chi connectivity index (χ1) is 18.6. The quantitative estimate of drug-likeness (QED) is 0.153. The number of nitrogens with zero attached hydrogens (tertiary/aromatic N) is 4. The molecule has 0 saturated carbocycles. The molecule has 0 radical (unpaired) electrons. The van der Waals surface area contributed by atoms with E-state index in [4.69, 9.17) is 21.8 Å². The third-order valence-corrected chi connectivity index (χ3v) is 6.67. The zero-order valence-electron chi connectivity index (χ0n) is 22.4. The van der Waals surface area contributed by atoms with Crippen LogP contribution in [0.2, 0.25) is 0 Å². The number of hydrogen-bond acceptors (Lipinski definition) is 3. The summed E-state index contributed by atoms with van der Waals surface area (Å²) in [7, 11) is 0. The van der Waals surface area contributed by atoms with Gasteiger partial charge in [0, 0.05) is 17.0 Å². The second-order valence-corrected chi connectivity index (χ2v) is 9.76. The van der Waals surface area contributed by atoms with Crippen molar-refractivity contribution in [2.45, 2.75) is 65.2 Å². The summed E-state index contributed by atoms with van der Waals surface area (Å²) in [6.07, 6.45) is 8.22. The van der Waals surface area contributed by atoms with Gasteiger partial charge in [-0.25, -0.2) is 4.85 Å². The highest BCUT2D eigenvalue weighted by molar-refractivity contribution is 5.64. The molecule has 0 fully saturated rings. The van der Waals surface area contributed by atoms with Gasteiger partial charge in [0.2, 0.25) is 0 Å². The van der Waals surface area contributed by atoms with Gasteiger partial charge in [-0.1, -0.05) is 63.1 Å². The highest BCUT2D eigenvalue weighted by Crippen LogP contribution is 2.25. The van der Waals surface area contributed by atoms with Crippen molar-refractivity contribution in [3.05, 3.63) is 112 Å². The molecule has 0 bridgehead atoms. The van der Waals surface area contributed by atoms with Gasteiger partial charge in [0.05, 0.1) is 29.6 Å². The van der Waals surface area contributed by atoms with Gasteiger partial charge in [-0.05, 0) is 91.6 Å². The Hall–Kier alpha value is -4.28. The summed E-state index contributed by atoms with van der Waals surface area (Å²) in [4.78, 5) is 13.5. The molecule has 0 atom stereocenters. The van der Waals surface area contributed by atoms with E-state index in [0.29, 0.717) is 11.3 Å². The van der Waals surface area contributed by atoms with Gasteiger partial charge < -0.3 is 0 Å². The maximum atomic E-state index is 9.11. The van der Waals surface area contributed by atoms with E-state index in [-0.39, 0.29) is 0 Å². The van der Waals surface area contributed by atoms with Crippen molar-refractivity contribution < 1.29 is 0 Å². The molecule has 0 aliphatic carbocycles. The zero-order chi connectivity index (χ0) is 26.7. The van der Waals surface area contributed by atoms with Gasteiger partial charge >= 0.3 is 0 Å². The molecule has 0 amide bonds. The summed E-state index contributed by atoms with van der Waals surface area (Å²) in [5, 5.41) is 9.11. The maximum Gasteiger partial charge on any atom is 0.187 e. The molecule has 4 aromatic rings. The summed E-state index contributed by atoms with van der Waals surface area (Å²) in [6.45, 7) is 11.6. The fraction of sp³-hybridized carbons (Fsp3) is 0.294. The average molecular weight is 499 g/mol. The van der Waals surface area contributed by atoms with Crippen molar-refractivity contribution in [3.63, 3.8) is 0 Å². The summed E-state index contributed by atoms with van der Waals surface area (Å²) in [6, 6.07) is 26.5. The van der Waals surface area contributed by atoms with Gasteiger partial charge in [0.1, 0.15) is 0 Å². The second-order valence-electron chi connectivity index (χ2n) is 9.76. The molecule has 2 aromatic heterocycles. The molecule has 0 saturated heterocycles. The monoisotopic (exact) mass is 498 g/mol. The topological polar surface area (TPSA) is 53.9 Å². The minimum absolute atomic E-state index is 0.651. The van der Waals surface area contributed by atoms with Crippen LogP contribution in [0.4, 0.5) is 5.69 Å². The van der Waals surface area contributed by atoms with E-state index in [2.05, 4.69) is 49.0 Å². The van der Waals surface area contributed by atoms with Crippen LogP contribution in [0.3, 0.4) is 0 Å². The van der Waals surface area contributed by atoms with Crippen LogP contribution < -0.4 is 0 Å². The molecule has 0 N–H and O–H groups in total. The van der Waals surface area contributed by atoms with Crippen LogP contribution in [0.25, 0.3) is 27.4 Å². The molecule has 4 nitrogen and oxygen atoms in total. The lowest BCUT2D eigenvalue weighted by Crippen LogP contribution is -1.99. The van der Waals surface area contributed by atoms with Crippen molar-refractivity contribution in [2.75, 3.05) is 0 Å². The molecule has 4 heteroatoms. The van der Waals surface area contributed by atoms with E-state index in [9.17, 15) is 0 Å². The summed E-state index contributed by atoms with van der Waals surface area (Å²) in [5.74, 6) is 0. The fourth-order valence-corrected chi connectivity index (χ4v) is 4.75. The van der Waals surface area contributed by atoms with Gasteiger partial charge in [-0.15, -0.1) is 0 Å². The molecule has 2 aromatic carbocycles. The Morgan fingerprint density at radius 2 is 1.16 bits per heavy atom. The molecule has 4 rings (SSSR count). The smallest absolute Gasteiger partial charge is 0.187 e. The van der Waals surface area contributed by atoms with Crippen molar-refractivity contribution in [2.24, 2.45) is 0 Å². The normalized spacial score (nSPS) is 10.6. The molecular formula is C34H34N4. The van der Waals surface area contributed by atoms with Crippen molar-refractivity contribution >= 4 is 5.69 Å². The number of aromatic nitrogens is 2. The molecule has 0 spiro atoms. The number of pyridine rings is 2. The van der Waals surface area contributed by atoms with E-state index in [1.165, 1.54) is 11.1 Å². The summed E-state index contributed by atoms with van der Waals surface area (Å²) in [5.41, 5.74) is 10.3. The number of unbranched alkanes of at least 4 members (excludes halogenated alkanes) is 1. The Morgan fingerprint density at radius 1 is 0.684 bits per heavy atom. The molecule has 190 valence electrons. The third kappa shape index (κ3) is 7.15. The predicted octanol–water partition coefficient (Wildman–Crippen LogP) is 8.70. The molecular weight excluding hydrogens is 464 g/mol. The highest BCUT2D eigenvalue weighted by atomic mass is 14.7. The number of hydrogen-bond donors (Lipinski definition) is 0. The van der Waals surface area contributed by atoms with E-state index in [0.717, 1.165) is 85.3 Å². The first-order valence-electron chi connectivity index (χ1n) is 13.6. The Bertz CT molecular complexity index is 1330. The van der Waals surface area contributed by atoms with Crippen molar-refractivity contribution in [1.82, 2.24) is 9.97 Å². The number of rotatable bonds is 11. The molecule has 0 aliphatic heterocycles. The third-order valence-electron chi connectivity index (χ3n) is 6.67. The van der Waals surface area contributed by atoms with Crippen LogP contribution in [0.15, 0.2) is 72.8 Å². The van der Waals surface area contributed by atoms with E-state index >= 15 is 0 Å². The Kier molecular flexibility index (Phi) is 9.38. The highest BCUT2D eigenvalue weighted by Gasteiger charge is 2.08. The maximum absolute atomic E-state index is 9.11. The lowest BCUT2D eigenvalue weighted by atomic mass is 10.0. The minimum atomic E-state index is 0.651.